The number of rotatable bonds is 1. The smallest absolute Gasteiger partial charge is 0.256 e. The van der Waals surface area contributed by atoms with Gasteiger partial charge in [-0.3, -0.25) is 4.79 Å². The number of pyridine rings is 1. The van der Waals surface area contributed by atoms with Crippen LogP contribution in [0.4, 0.5) is 0 Å². The van der Waals surface area contributed by atoms with E-state index in [1.165, 1.54) is 18.4 Å². The molecule has 1 aliphatic rings. The molecule has 2 nitrogen and oxygen atoms in total. The largest absolute Gasteiger partial charge is 0.329 e. The summed E-state index contributed by atoms with van der Waals surface area (Å²) < 4.78 is 0. The Balaban J connectivity index is 2.43. The average molecular weight is 185 g/mol. The summed E-state index contributed by atoms with van der Waals surface area (Å²) in [6, 6.07) is 8.07. The molecule has 0 bridgehead atoms. The van der Waals surface area contributed by atoms with E-state index in [9.17, 15) is 4.79 Å². The Bertz CT molecular complexity index is 532. The first kappa shape index (κ1) is 7.80. The fourth-order valence-corrected chi connectivity index (χ4v) is 2.00. The van der Waals surface area contributed by atoms with Gasteiger partial charge in [-0.1, -0.05) is 18.2 Å². The number of benzene rings is 1. The van der Waals surface area contributed by atoms with E-state index < -0.39 is 0 Å². The SMILES string of the molecule is O=c1[nH]ccc2cccc(C3CC3)c12. The van der Waals surface area contributed by atoms with E-state index in [0.29, 0.717) is 5.92 Å². The third-order valence-corrected chi connectivity index (χ3v) is 2.85. The van der Waals surface area contributed by atoms with Gasteiger partial charge >= 0.3 is 0 Å². The molecule has 1 heterocycles. The molecule has 0 atom stereocenters. The van der Waals surface area contributed by atoms with Gasteiger partial charge in [0.1, 0.15) is 0 Å². The number of nitrogens with one attached hydrogen (secondary N) is 1. The number of hydrogen-bond donors (Lipinski definition) is 1. The van der Waals surface area contributed by atoms with E-state index in [1.807, 2.05) is 18.2 Å². The Morgan fingerprint density at radius 2 is 2.07 bits per heavy atom. The molecule has 70 valence electrons. The molecule has 3 rings (SSSR count). The predicted molar refractivity (Wildman–Crippen MR) is 56.5 cm³/mol. The van der Waals surface area contributed by atoms with Crippen LogP contribution in [-0.2, 0) is 0 Å². The standard InChI is InChI=1S/C12H11NO/c14-12-11-9(6-7-13-12)2-1-3-10(11)8-4-5-8/h1-3,6-8H,4-5H2,(H,13,14). The summed E-state index contributed by atoms with van der Waals surface area (Å²) in [5.74, 6) is 0.627. The molecule has 0 aliphatic heterocycles. The van der Waals surface area contributed by atoms with E-state index in [1.54, 1.807) is 6.20 Å². The fraction of sp³-hybridized carbons (Fsp3) is 0.250. The van der Waals surface area contributed by atoms with Gasteiger partial charge in [-0.25, -0.2) is 0 Å². The molecule has 0 unspecified atom stereocenters. The van der Waals surface area contributed by atoms with Gasteiger partial charge in [0.15, 0.2) is 0 Å². The lowest BCUT2D eigenvalue weighted by atomic mass is 10.0. The van der Waals surface area contributed by atoms with Gasteiger partial charge in [-0.2, -0.15) is 0 Å². The average Bonchev–Trinajstić information content (AvgIpc) is 3.01. The maximum absolute atomic E-state index is 11.7. The van der Waals surface area contributed by atoms with Gasteiger partial charge in [0.2, 0.25) is 0 Å². The van der Waals surface area contributed by atoms with Gasteiger partial charge in [-0.15, -0.1) is 0 Å². The first-order valence-electron chi connectivity index (χ1n) is 4.96. The van der Waals surface area contributed by atoms with Crippen LogP contribution in [0.15, 0.2) is 35.3 Å². The van der Waals surface area contributed by atoms with E-state index in [2.05, 4.69) is 11.1 Å². The molecule has 14 heavy (non-hydrogen) atoms. The number of fused-ring (bicyclic) bond motifs is 1. The van der Waals surface area contributed by atoms with Crippen LogP contribution in [-0.4, -0.2) is 4.98 Å². The molecule has 1 fully saturated rings. The fourth-order valence-electron chi connectivity index (χ4n) is 2.00. The second-order valence-corrected chi connectivity index (χ2v) is 3.89. The molecule has 1 N–H and O–H groups in total. The molecule has 2 aromatic rings. The Hall–Kier alpha value is -1.57. The Labute approximate surface area is 81.6 Å². The highest BCUT2D eigenvalue weighted by Gasteiger charge is 2.25. The molecule has 2 heteroatoms. The van der Waals surface area contributed by atoms with Crippen LogP contribution in [0, 0.1) is 0 Å². The van der Waals surface area contributed by atoms with Crippen molar-refractivity contribution in [1.29, 1.82) is 0 Å². The number of aromatic nitrogens is 1. The lowest BCUT2D eigenvalue weighted by molar-refractivity contribution is 1.14. The van der Waals surface area contributed by atoms with Crippen LogP contribution in [0.1, 0.15) is 24.3 Å². The molecule has 0 amide bonds. The highest BCUT2D eigenvalue weighted by atomic mass is 16.1. The first-order chi connectivity index (χ1) is 6.86. The van der Waals surface area contributed by atoms with Gasteiger partial charge < -0.3 is 4.98 Å². The molecule has 1 saturated carbocycles. The second kappa shape index (κ2) is 2.71. The maximum Gasteiger partial charge on any atom is 0.256 e. The summed E-state index contributed by atoms with van der Waals surface area (Å²) >= 11 is 0. The Morgan fingerprint density at radius 1 is 1.21 bits per heavy atom. The van der Waals surface area contributed by atoms with Crippen molar-refractivity contribution in [2.24, 2.45) is 0 Å². The van der Waals surface area contributed by atoms with E-state index in [4.69, 9.17) is 0 Å². The normalized spacial score (nSPS) is 16.0. The van der Waals surface area contributed by atoms with Crippen molar-refractivity contribution in [3.63, 3.8) is 0 Å². The summed E-state index contributed by atoms with van der Waals surface area (Å²) in [6.07, 6.45) is 4.17. The van der Waals surface area contributed by atoms with Crippen LogP contribution in [0.3, 0.4) is 0 Å². The monoisotopic (exact) mass is 185 g/mol. The number of aromatic amines is 1. The summed E-state index contributed by atoms with van der Waals surface area (Å²) in [6.45, 7) is 0. The van der Waals surface area contributed by atoms with Gasteiger partial charge in [-0.05, 0) is 35.8 Å². The van der Waals surface area contributed by atoms with Crippen LogP contribution in [0.25, 0.3) is 10.8 Å². The predicted octanol–water partition coefficient (Wildman–Crippen LogP) is 2.41. The zero-order chi connectivity index (χ0) is 9.54. The highest BCUT2D eigenvalue weighted by Crippen LogP contribution is 2.42. The van der Waals surface area contributed by atoms with E-state index >= 15 is 0 Å². The van der Waals surface area contributed by atoms with Gasteiger partial charge in [0, 0.05) is 6.20 Å². The topological polar surface area (TPSA) is 32.9 Å². The quantitative estimate of drug-likeness (QED) is 0.727. The number of hydrogen-bond acceptors (Lipinski definition) is 1. The summed E-state index contributed by atoms with van der Waals surface area (Å²) in [5, 5.41) is 1.94. The molecular weight excluding hydrogens is 174 g/mol. The Kier molecular flexibility index (Phi) is 1.51. The minimum absolute atomic E-state index is 0.0463. The first-order valence-corrected chi connectivity index (χ1v) is 4.96. The third kappa shape index (κ3) is 1.07. The van der Waals surface area contributed by atoms with Crippen molar-refractivity contribution in [2.45, 2.75) is 18.8 Å². The summed E-state index contributed by atoms with van der Waals surface area (Å²) in [5.41, 5.74) is 1.27. The van der Waals surface area contributed by atoms with Crippen LogP contribution in [0.5, 0.6) is 0 Å². The minimum Gasteiger partial charge on any atom is -0.329 e. The molecule has 0 spiro atoms. The Morgan fingerprint density at radius 3 is 2.86 bits per heavy atom. The zero-order valence-electron chi connectivity index (χ0n) is 7.79. The summed E-state index contributed by atoms with van der Waals surface area (Å²) in [4.78, 5) is 14.4. The number of H-pyrrole nitrogens is 1. The molecule has 1 aromatic carbocycles. The lowest BCUT2D eigenvalue weighted by Crippen LogP contribution is -2.06. The van der Waals surface area contributed by atoms with E-state index in [0.717, 1.165) is 10.8 Å². The van der Waals surface area contributed by atoms with Crippen molar-refractivity contribution in [2.75, 3.05) is 0 Å². The van der Waals surface area contributed by atoms with Crippen molar-refractivity contribution < 1.29 is 0 Å². The lowest BCUT2D eigenvalue weighted by Gasteiger charge is -2.02. The zero-order valence-corrected chi connectivity index (χ0v) is 7.79. The van der Waals surface area contributed by atoms with Crippen LogP contribution >= 0.6 is 0 Å². The van der Waals surface area contributed by atoms with E-state index in [-0.39, 0.29) is 5.56 Å². The molecule has 1 aliphatic carbocycles. The van der Waals surface area contributed by atoms with Crippen LogP contribution in [0.2, 0.25) is 0 Å². The maximum atomic E-state index is 11.7. The third-order valence-electron chi connectivity index (χ3n) is 2.85. The van der Waals surface area contributed by atoms with Crippen molar-refractivity contribution in [3.8, 4) is 0 Å². The summed E-state index contributed by atoms with van der Waals surface area (Å²) in [7, 11) is 0. The van der Waals surface area contributed by atoms with Gasteiger partial charge in [0.25, 0.3) is 5.56 Å². The van der Waals surface area contributed by atoms with Gasteiger partial charge in [0.05, 0.1) is 5.39 Å². The van der Waals surface area contributed by atoms with Crippen molar-refractivity contribution in [3.05, 3.63) is 46.4 Å². The molecule has 0 radical (unpaired) electrons. The highest BCUT2D eigenvalue weighted by molar-refractivity contribution is 5.85. The molecule has 1 aromatic heterocycles. The van der Waals surface area contributed by atoms with Crippen molar-refractivity contribution >= 4 is 10.8 Å². The van der Waals surface area contributed by atoms with Crippen molar-refractivity contribution in [1.82, 2.24) is 4.98 Å². The minimum atomic E-state index is 0.0463. The second-order valence-electron chi connectivity index (χ2n) is 3.89. The van der Waals surface area contributed by atoms with Crippen LogP contribution < -0.4 is 5.56 Å². The molecular formula is C12H11NO. The molecule has 0 saturated heterocycles.